The van der Waals surface area contributed by atoms with Crippen LogP contribution in [0, 0.1) is 13.8 Å². The van der Waals surface area contributed by atoms with Crippen molar-refractivity contribution in [2.24, 2.45) is 0 Å². The molecule has 0 radical (unpaired) electrons. The highest BCUT2D eigenvalue weighted by molar-refractivity contribution is 5.33. The quantitative estimate of drug-likeness (QED) is 0.799. The molecule has 0 aromatic heterocycles. The van der Waals surface area contributed by atoms with Crippen LogP contribution in [-0.2, 0) is 0 Å². The first-order chi connectivity index (χ1) is 7.70. The van der Waals surface area contributed by atoms with E-state index < -0.39 is 0 Å². The predicted octanol–water partition coefficient (Wildman–Crippen LogP) is 3.55. The molecule has 0 spiro atoms. The third kappa shape index (κ3) is 2.46. The first-order valence-electron chi connectivity index (χ1n) is 6.45. The molecule has 2 atom stereocenters. The number of rotatable bonds is 2. The van der Waals surface area contributed by atoms with Crippen molar-refractivity contribution in [3.63, 3.8) is 0 Å². The van der Waals surface area contributed by atoms with Gasteiger partial charge in [-0.25, -0.2) is 0 Å². The van der Waals surface area contributed by atoms with Gasteiger partial charge in [0.1, 0.15) is 0 Å². The summed E-state index contributed by atoms with van der Waals surface area (Å²) in [5, 5.41) is 3.43. The Morgan fingerprint density at radius 2 is 2.00 bits per heavy atom. The minimum Gasteiger partial charge on any atom is -0.317 e. The number of hydrogen-bond donors (Lipinski definition) is 1. The van der Waals surface area contributed by atoms with Crippen LogP contribution in [0.15, 0.2) is 18.2 Å². The van der Waals surface area contributed by atoms with Crippen molar-refractivity contribution in [3.05, 3.63) is 34.9 Å². The fraction of sp³-hybridized carbons (Fsp3) is 0.600. The molecule has 88 valence electrons. The smallest absolute Gasteiger partial charge is 0.00698 e. The largest absolute Gasteiger partial charge is 0.317 e. The second-order valence-corrected chi connectivity index (χ2v) is 5.21. The van der Waals surface area contributed by atoms with Gasteiger partial charge in [-0.2, -0.15) is 0 Å². The molecule has 1 nitrogen and oxygen atoms in total. The van der Waals surface area contributed by atoms with Crippen LogP contribution < -0.4 is 5.32 Å². The molecule has 0 heterocycles. The van der Waals surface area contributed by atoms with Gasteiger partial charge in [-0.15, -0.1) is 0 Å². The molecule has 0 saturated heterocycles. The molecule has 0 aliphatic heterocycles. The average molecular weight is 217 g/mol. The lowest BCUT2D eigenvalue weighted by Crippen LogP contribution is -2.30. The predicted molar refractivity (Wildman–Crippen MR) is 70.0 cm³/mol. The molecule has 0 amide bonds. The Kier molecular flexibility index (Phi) is 3.65. The zero-order valence-electron chi connectivity index (χ0n) is 10.7. The summed E-state index contributed by atoms with van der Waals surface area (Å²) < 4.78 is 0. The van der Waals surface area contributed by atoms with E-state index in [4.69, 9.17) is 0 Å². The van der Waals surface area contributed by atoms with Crippen molar-refractivity contribution in [1.82, 2.24) is 5.32 Å². The highest BCUT2D eigenvalue weighted by Crippen LogP contribution is 2.34. The number of hydrogen-bond acceptors (Lipinski definition) is 1. The first kappa shape index (κ1) is 11.7. The molecule has 1 aromatic rings. The van der Waals surface area contributed by atoms with E-state index in [9.17, 15) is 0 Å². The van der Waals surface area contributed by atoms with Crippen molar-refractivity contribution in [1.29, 1.82) is 0 Å². The Balaban J connectivity index is 2.16. The zero-order valence-corrected chi connectivity index (χ0v) is 10.7. The van der Waals surface area contributed by atoms with Gasteiger partial charge in [-0.05, 0) is 57.2 Å². The van der Waals surface area contributed by atoms with E-state index in [0.29, 0.717) is 0 Å². The van der Waals surface area contributed by atoms with E-state index in [-0.39, 0.29) is 0 Å². The Bertz CT molecular complexity index is 356. The summed E-state index contributed by atoms with van der Waals surface area (Å²) in [7, 11) is 2.09. The standard InChI is InChI=1S/C15H23N/c1-11-7-8-15(12(2)9-11)13-5-4-6-14(10-13)16-3/h7-9,13-14,16H,4-6,10H2,1-3H3. The molecule has 1 aliphatic carbocycles. The van der Waals surface area contributed by atoms with E-state index >= 15 is 0 Å². The molecule has 1 saturated carbocycles. The van der Waals surface area contributed by atoms with Gasteiger partial charge in [-0.3, -0.25) is 0 Å². The van der Waals surface area contributed by atoms with Crippen molar-refractivity contribution in [2.45, 2.75) is 51.5 Å². The summed E-state index contributed by atoms with van der Waals surface area (Å²) in [6, 6.07) is 7.64. The average Bonchev–Trinajstić information content (AvgIpc) is 2.29. The van der Waals surface area contributed by atoms with Crippen LogP contribution in [0.2, 0.25) is 0 Å². The SMILES string of the molecule is CNC1CCCC(c2ccc(C)cc2C)C1. The highest BCUT2D eigenvalue weighted by Gasteiger charge is 2.22. The minimum absolute atomic E-state index is 0.722. The summed E-state index contributed by atoms with van der Waals surface area (Å²) in [6.07, 6.45) is 5.38. The molecule has 0 bridgehead atoms. The van der Waals surface area contributed by atoms with Crippen LogP contribution in [0.1, 0.15) is 48.3 Å². The van der Waals surface area contributed by atoms with Crippen molar-refractivity contribution < 1.29 is 0 Å². The van der Waals surface area contributed by atoms with Crippen LogP contribution in [-0.4, -0.2) is 13.1 Å². The second-order valence-electron chi connectivity index (χ2n) is 5.21. The van der Waals surface area contributed by atoms with Crippen molar-refractivity contribution in [2.75, 3.05) is 7.05 Å². The molecule has 1 aromatic carbocycles. The minimum atomic E-state index is 0.722. The van der Waals surface area contributed by atoms with E-state index in [2.05, 4.69) is 44.4 Å². The number of benzene rings is 1. The number of aryl methyl sites for hydroxylation is 2. The Hall–Kier alpha value is -0.820. The van der Waals surface area contributed by atoms with Crippen molar-refractivity contribution >= 4 is 0 Å². The molecule has 2 rings (SSSR count). The molecule has 2 unspecified atom stereocenters. The van der Waals surface area contributed by atoms with Gasteiger partial charge in [0.2, 0.25) is 0 Å². The first-order valence-corrected chi connectivity index (χ1v) is 6.45. The Morgan fingerprint density at radius 1 is 1.19 bits per heavy atom. The highest BCUT2D eigenvalue weighted by atomic mass is 14.9. The lowest BCUT2D eigenvalue weighted by Gasteiger charge is -2.30. The normalized spacial score (nSPS) is 25.7. The summed E-state index contributed by atoms with van der Waals surface area (Å²) in [5.74, 6) is 0.770. The second kappa shape index (κ2) is 5.01. The Morgan fingerprint density at radius 3 is 2.69 bits per heavy atom. The van der Waals surface area contributed by atoms with E-state index in [1.54, 1.807) is 5.56 Å². The maximum Gasteiger partial charge on any atom is 0.00698 e. The maximum absolute atomic E-state index is 3.43. The fourth-order valence-electron chi connectivity index (χ4n) is 3.02. The van der Waals surface area contributed by atoms with Crippen molar-refractivity contribution in [3.8, 4) is 0 Å². The monoisotopic (exact) mass is 217 g/mol. The van der Waals surface area contributed by atoms with Gasteiger partial charge in [-0.1, -0.05) is 30.2 Å². The molecule has 1 N–H and O–H groups in total. The summed E-state index contributed by atoms with van der Waals surface area (Å²) >= 11 is 0. The zero-order chi connectivity index (χ0) is 11.5. The van der Waals surface area contributed by atoms with Gasteiger partial charge < -0.3 is 5.32 Å². The van der Waals surface area contributed by atoms with Gasteiger partial charge in [0.15, 0.2) is 0 Å². The lowest BCUT2D eigenvalue weighted by atomic mass is 9.80. The van der Waals surface area contributed by atoms with Gasteiger partial charge >= 0.3 is 0 Å². The third-order valence-electron chi connectivity index (χ3n) is 3.95. The van der Waals surface area contributed by atoms with Crippen LogP contribution in [0.25, 0.3) is 0 Å². The fourth-order valence-corrected chi connectivity index (χ4v) is 3.02. The van der Waals surface area contributed by atoms with Crippen LogP contribution >= 0.6 is 0 Å². The molecule has 16 heavy (non-hydrogen) atoms. The molecule has 1 fully saturated rings. The molecule has 1 aliphatic rings. The third-order valence-corrected chi connectivity index (χ3v) is 3.95. The van der Waals surface area contributed by atoms with Gasteiger partial charge in [0.05, 0.1) is 0 Å². The van der Waals surface area contributed by atoms with E-state index in [1.165, 1.54) is 36.8 Å². The number of nitrogens with one attached hydrogen (secondary N) is 1. The van der Waals surface area contributed by atoms with Crippen LogP contribution in [0.5, 0.6) is 0 Å². The summed E-state index contributed by atoms with van der Waals surface area (Å²) in [5.41, 5.74) is 4.43. The lowest BCUT2D eigenvalue weighted by molar-refractivity contribution is 0.355. The Labute approximate surface area is 99.3 Å². The van der Waals surface area contributed by atoms with Gasteiger partial charge in [0.25, 0.3) is 0 Å². The van der Waals surface area contributed by atoms with E-state index in [0.717, 1.165) is 12.0 Å². The van der Waals surface area contributed by atoms with E-state index in [1.807, 2.05) is 0 Å². The summed E-state index contributed by atoms with van der Waals surface area (Å²) in [4.78, 5) is 0. The van der Waals surface area contributed by atoms with Gasteiger partial charge in [0, 0.05) is 6.04 Å². The molecular weight excluding hydrogens is 194 g/mol. The molecular formula is C15H23N. The van der Waals surface area contributed by atoms with Crippen LogP contribution in [0.3, 0.4) is 0 Å². The molecule has 1 heteroatoms. The summed E-state index contributed by atoms with van der Waals surface area (Å²) in [6.45, 7) is 4.43. The topological polar surface area (TPSA) is 12.0 Å². The maximum atomic E-state index is 3.43. The van der Waals surface area contributed by atoms with Crippen LogP contribution in [0.4, 0.5) is 0 Å².